The van der Waals surface area contributed by atoms with Gasteiger partial charge in [-0.25, -0.2) is 0 Å². The molecular weight excluding hydrogens is 220 g/mol. The zero-order valence-electron chi connectivity index (χ0n) is 12.1. The fourth-order valence-electron chi connectivity index (χ4n) is 4.04. The zero-order chi connectivity index (χ0) is 12.4. The highest BCUT2D eigenvalue weighted by atomic mass is 15.3. The van der Waals surface area contributed by atoms with Crippen molar-refractivity contribution in [1.29, 1.82) is 0 Å². The third-order valence-corrected chi connectivity index (χ3v) is 5.37. The van der Waals surface area contributed by atoms with E-state index in [0.717, 1.165) is 18.0 Å². The molecule has 18 heavy (non-hydrogen) atoms. The summed E-state index contributed by atoms with van der Waals surface area (Å²) in [5, 5.41) is 0. The number of hydrogen-bond acceptors (Lipinski definition) is 2. The van der Waals surface area contributed by atoms with Crippen LogP contribution in [-0.2, 0) is 0 Å². The van der Waals surface area contributed by atoms with Crippen molar-refractivity contribution < 1.29 is 0 Å². The second kappa shape index (κ2) is 5.92. The minimum Gasteiger partial charge on any atom is -0.299 e. The average Bonchev–Trinajstić information content (AvgIpc) is 3.22. The van der Waals surface area contributed by atoms with Crippen molar-refractivity contribution in [1.82, 2.24) is 9.80 Å². The van der Waals surface area contributed by atoms with Crippen LogP contribution in [-0.4, -0.2) is 48.1 Å². The van der Waals surface area contributed by atoms with E-state index in [9.17, 15) is 0 Å². The number of fused-ring (bicyclic) bond motifs is 1. The Bertz CT molecular complexity index is 262. The SMILES string of the molecule is CCC(CC1CC1)N1CCCN2CCCCC2C1. The molecule has 0 bridgehead atoms. The molecule has 2 heteroatoms. The van der Waals surface area contributed by atoms with Crippen LogP contribution in [0.4, 0.5) is 0 Å². The lowest BCUT2D eigenvalue weighted by Gasteiger charge is -2.37. The molecule has 2 aliphatic heterocycles. The third kappa shape index (κ3) is 3.08. The van der Waals surface area contributed by atoms with E-state index in [2.05, 4.69) is 16.7 Å². The van der Waals surface area contributed by atoms with Gasteiger partial charge in [-0.1, -0.05) is 26.2 Å². The Morgan fingerprint density at radius 2 is 1.83 bits per heavy atom. The fraction of sp³-hybridized carbons (Fsp3) is 1.00. The number of hydrogen-bond donors (Lipinski definition) is 0. The van der Waals surface area contributed by atoms with Crippen LogP contribution >= 0.6 is 0 Å². The van der Waals surface area contributed by atoms with Crippen LogP contribution in [0.2, 0.25) is 0 Å². The summed E-state index contributed by atoms with van der Waals surface area (Å²) in [5.41, 5.74) is 0. The smallest absolute Gasteiger partial charge is 0.0223 e. The first-order valence-electron chi connectivity index (χ1n) is 8.35. The van der Waals surface area contributed by atoms with Crippen molar-refractivity contribution in [2.24, 2.45) is 5.92 Å². The zero-order valence-corrected chi connectivity index (χ0v) is 12.1. The fourth-order valence-corrected chi connectivity index (χ4v) is 4.04. The lowest BCUT2D eigenvalue weighted by molar-refractivity contribution is 0.113. The molecule has 1 aliphatic carbocycles. The van der Waals surface area contributed by atoms with Gasteiger partial charge in [0.2, 0.25) is 0 Å². The molecule has 1 saturated carbocycles. The normalized spacial score (nSPS) is 32.8. The van der Waals surface area contributed by atoms with E-state index in [1.807, 2.05) is 0 Å². The van der Waals surface area contributed by atoms with Crippen LogP contribution in [0.25, 0.3) is 0 Å². The lowest BCUT2D eigenvalue weighted by Crippen LogP contribution is -2.46. The molecule has 3 aliphatic rings. The van der Waals surface area contributed by atoms with Gasteiger partial charge in [0.15, 0.2) is 0 Å². The van der Waals surface area contributed by atoms with Gasteiger partial charge in [0, 0.05) is 18.6 Å². The first kappa shape index (κ1) is 12.9. The molecule has 0 aromatic heterocycles. The Labute approximate surface area is 113 Å². The largest absolute Gasteiger partial charge is 0.299 e. The molecule has 0 aromatic carbocycles. The van der Waals surface area contributed by atoms with E-state index < -0.39 is 0 Å². The highest BCUT2D eigenvalue weighted by Gasteiger charge is 2.32. The molecule has 0 amide bonds. The summed E-state index contributed by atoms with van der Waals surface area (Å²) in [6.45, 7) is 7.86. The predicted molar refractivity (Wildman–Crippen MR) is 76.8 cm³/mol. The van der Waals surface area contributed by atoms with Gasteiger partial charge in [-0.15, -0.1) is 0 Å². The standard InChI is InChI=1S/C16H30N2/c1-2-15(12-14-7-8-14)18-11-5-10-17-9-4-3-6-16(17)13-18/h14-16H,2-13H2,1H3. The highest BCUT2D eigenvalue weighted by Crippen LogP contribution is 2.36. The van der Waals surface area contributed by atoms with E-state index in [-0.39, 0.29) is 0 Å². The summed E-state index contributed by atoms with van der Waals surface area (Å²) in [4.78, 5) is 5.64. The van der Waals surface area contributed by atoms with E-state index in [4.69, 9.17) is 0 Å². The van der Waals surface area contributed by atoms with Crippen molar-refractivity contribution in [2.75, 3.05) is 26.2 Å². The molecule has 0 N–H and O–H groups in total. The Morgan fingerprint density at radius 3 is 2.61 bits per heavy atom. The van der Waals surface area contributed by atoms with Gasteiger partial charge in [0.1, 0.15) is 0 Å². The molecule has 3 fully saturated rings. The molecular formula is C16H30N2. The summed E-state index contributed by atoms with van der Waals surface area (Å²) in [5.74, 6) is 1.08. The van der Waals surface area contributed by atoms with Crippen LogP contribution in [0, 0.1) is 5.92 Å². The minimum atomic E-state index is 0.884. The van der Waals surface area contributed by atoms with E-state index in [0.29, 0.717) is 0 Å². The van der Waals surface area contributed by atoms with Crippen molar-refractivity contribution in [2.45, 2.75) is 70.4 Å². The molecule has 2 nitrogen and oxygen atoms in total. The van der Waals surface area contributed by atoms with Crippen LogP contribution in [0.1, 0.15) is 58.3 Å². The van der Waals surface area contributed by atoms with Gasteiger partial charge in [-0.3, -0.25) is 9.80 Å². The number of rotatable bonds is 4. The summed E-state index contributed by atoms with van der Waals surface area (Å²) < 4.78 is 0. The van der Waals surface area contributed by atoms with Gasteiger partial charge >= 0.3 is 0 Å². The second-order valence-corrected chi connectivity index (χ2v) is 6.78. The maximum absolute atomic E-state index is 2.86. The molecule has 104 valence electrons. The molecule has 0 radical (unpaired) electrons. The summed E-state index contributed by atoms with van der Waals surface area (Å²) >= 11 is 0. The van der Waals surface area contributed by atoms with Crippen molar-refractivity contribution in [3.63, 3.8) is 0 Å². The lowest BCUT2D eigenvalue weighted by atomic mass is 10.0. The van der Waals surface area contributed by atoms with Gasteiger partial charge in [-0.2, -0.15) is 0 Å². The van der Waals surface area contributed by atoms with Crippen LogP contribution in [0.5, 0.6) is 0 Å². The minimum absolute atomic E-state index is 0.884. The topological polar surface area (TPSA) is 6.48 Å². The summed E-state index contributed by atoms with van der Waals surface area (Å²) in [6, 6.07) is 1.77. The molecule has 3 rings (SSSR count). The van der Waals surface area contributed by atoms with E-state index >= 15 is 0 Å². The van der Waals surface area contributed by atoms with Crippen LogP contribution in [0.3, 0.4) is 0 Å². The average molecular weight is 250 g/mol. The molecule has 2 unspecified atom stereocenters. The molecule has 0 aromatic rings. The Morgan fingerprint density at radius 1 is 1.00 bits per heavy atom. The highest BCUT2D eigenvalue weighted by molar-refractivity contribution is 4.88. The predicted octanol–water partition coefficient (Wildman–Crippen LogP) is 3.13. The van der Waals surface area contributed by atoms with Gasteiger partial charge in [0.25, 0.3) is 0 Å². The Kier molecular flexibility index (Phi) is 4.25. The maximum Gasteiger partial charge on any atom is 0.0223 e. The van der Waals surface area contributed by atoms with Gasteiger partial charge in [-0.05, 0) is 57.7 Å². The first-order valence-corrected chi connectivity index (χ1v) is 8.35. The van der Waals surface area contributed by atoms with Gasteiger partial charge in [0.05, 0.1) is 0 Å². The van der Waals surface area contributed by atoms with Crippen molar-refractivity contribution in [3.8, 4) is 0 Å². The Balaban J connectivity index is 1.60. The monoisotopic (exact) mass is 250 g/mol. The van der Waals surface area contributed by atoms with Gasteiger partial charge < -0.3 is 0 Å². The number of piperidine rings is 1. The summed E-state index contributed by atoms with van der Waals surface area (Å²) in [7, 11) is 0. The van der Waals surface area contributed by atoms with E-state index in [1.54, 1.807) is 0 Å². The maximum atomic E-state index is 2.86. The van der Waals surface area contributed by atoms with Crippen molar-refractivity contribution >= 4 is 0 Å². The summed E-state index contributed by atoms with van der Waals surface area (Å²) in [6.07, 6.45) is 11.6. The van der Waals surface area contributed by atoms with Crippen LogP contribution < -0.4 is 0 Å². The third-order valence-electron chi connectivity index (χ3n) is 5.37. The molecule has 2 atom stereocenters. The second-order valence-electron chi connectivity index (χ2n) is 6.78. The van der Waals surface area contributed by atoms with E-state index in [1.165, 1.54) is 77.5 Å². The molecule has 0 spiro atoms. The van der Waals surface area contributed by atoms with Crippen molar-refractivity contribution in [3.05, 3.63) is 0 Å². The van der Waals surface area contributed by atoms with Crippen LogP contribution in [0.15, 0.2) is 0 Å². The number of nitrogens with zero attached hydrogens (tertiary/aromatic N) is 2. The Hall–Kier alpha value is -0.0800. The molecule has 2 saturated heterocycles. The molecule has 2 heterocycles. The first-order chi connectivity index (χ1) is 8.86. The quantitative estimate of drug-likeness (QED) is 0.756.